The van der Waals surface area contributed by atoms with Crippen molar-refractivity contribution in [1.82, 2.24) is 9.80 Å². The molecule has 0 radical (unpaired) electrons. The first-order valence-corrected chi connectivity index (χ1v) is 9.76. The van der Waals surface area contributed by atoms with Gasteiger partial charge in [0.05, 0.1) is 0 Å². The van der Waals surface area contributed by atoms with Gasteiger partial charge in [-0.3, -0.25) is 4.79 Å². The lowest BCUT2D eigenvalue weighted by atomic mass is 10.1. The Hall–Kier alpha value is -3.08. The van der Waals surface area contributed by atoms with Gasteiger partial charge in [-0.05, 0) is 43.0 Å². The van der Waals surface area contributed by atoms with Gasteiger partial charge in [0.25, 0.3) is 5.91 Å². The van der Waals surface area contributed by atoms with Gasteiger partial charge < -0.3 is 15.1 Å². The highest BCUT2D eigenvalue weighted by atomic mass is 16.2. The number of anilines is 1. The molecule has 28 heavy (non-hydrogen) atoms. The lowest BCUT2D eigenvalue weighted by Crippen LogP contribution is -2.35. The van der Waals surface area contributed by atoms with E-state index in [-0.39, 0.29) is 11.9 Å². The molecule has 1 heterocycles. The molecule has 5 nitrogen and oxygen atoms in total. The van der Waals surface area contributed by atoms with E-state index in [9.17, 15) is 9.59 Å². The highest BCUT2D eigenvalue weighted by molar-refractivity contribution is 5.97. The predicted molar refractivity (Wildman–Crippen MR) is 113 cm³/mol. The van der Waals surface area contributed by atoms with Crippen LogP contribution in [0.5, 0.6) is 0 Å². The summed E-state index contributed by atoms with van der Waals surface area (Å²) in [5.74, 6) is 0.0370. The molecule has 0 spiro atoms. The predicted octanol–water partition coefficient (Wildman–Crippen LogP) is 4.49. The molecule has 0 atom stereocenters. The molecule has 0 saturated carbocycles. The number of likely N-dealkylation sites (N-methyl/N-ethyl adjacent to an activating group) is 1. The smallest absolute Gasteiger partial charge is 0.321 e. The van der Waals surface area contributed by atoms with Crippen LogP contribution in [-0.4, -0.2) is 48.4 Å². The summed E-state index contributed by atoms with van der Waals surface area (Å²) in [7, 11) is 1.74. The SMILES string of the molecule is CN(C/C=C/c1ccccc1)C(=O)Nc1cccc(C(=O)N2CCCCC2)c1. The third kappa shape index (κ3) is 5.46. The Morgan fingerprint density at radius 2 is 1.79 bits per heavy atom. The largest absolute Gasteiger partial charge is 0.339 e. The summed E-state index contributed by atoms with van der Waals surface area (Å²) in [6.45, 7) is 2.12. The Kier molecular flexibility index (Phi) is 6.84. The lowest BCUT2D eigenvalue weighted by molar-refractivity contribution is 0.0724. The fourth-order valence-electron chi connectivity index (χ4n) is 3.22. The highest BCUT2D eigenvalue weighted by Crippen LogP contribution is 2.16. The van der Waals surface area contributed by atoms with Crippen molar-refractivity contribution in [2.24, 2.45) is 0 Å². The van der Waals surface area contributed by atoms with Crippen LogP contribution in [0, 0.1) is 0 Å². The number of hydrogen-bond donors (Lipinski definition) is 1. The number of piperidine rings is 1. The van der Waals surface area contributed by atoms with E-state index in [1.54, 1.807) is 30.1 Å². The van der Waals surface area contributed by atoms with E-state index in [0.29, 0.717) is 17.8 Å². The molecule has 2 aromatic carbocycles. The number of nitrogens with zero attached hydrogens (tertiary/aromatic N) is 2. The standard InChI is InChI=1S/C23H27N3O2/c1-25(15-9-12-19-10-4-2-5-11-19)23(28)24-21-14-8-13-20(18-21)22(27)26-16-6-3-7-17-26/h2,4-5,8-14,18H,3,6-7,15-17H2,1H3,(H,24,28)/b12-9+. The second kappa shape index (κ2) is 9.74. The third-order valence-corrected chi connectivity index (χ3v) is 4.84. The Morgan fingerprint density at radius 3 is 2.54 bits per heavy atom. The minimum Gasteiger partial charge on any atom is -0.339 e. The molecule has 1 aliphatic heterocycles. The fraction of sp³-hybridized carbons (Fsp3) is 0.304. The van der Waals surface area contributed by atoms with Crippen molar-refractivity contribution in [3.05, 3.63) is 71.8 Å². The van der Waals surface area contributed by atoms with E-state index in [1.807, 2.05) is 53.5 Å². The molecule has 1 fully saturated rings. The molecule has 0 bridgehead atoms. The second-order valence-electron chi connectivity index (χ2n) is 7.06. The number of rotatable bonds is 5. The monoisotopic (exact) mass is 377 g/mol. The van der Waals surface area contributed by atoms with Gasteiger partial charge in [-0.2, -0.15) is 0 Å². The van der Waals surface area contributed by atoms with Crippen molar-refractivity contribution in [1.29, 1.82) is 0 Å². The van der Waals surface area contributed by atoms with Crippen LogP contribution in [-0.2, 0) is 0 Å². The maximum atomic E-state index is 12.6. The van der Waals surface area contributed by atoms with Gasteiger partial charge in [0.1, 0.15) is 0 Å². The van der Waals surface area contributed by atoms with Gasteiger partial charge in [-0.15, -0.1) is 0 Å². The van der Waals surface area contributed by atoms with E-state index in [0.717, 1.165) is 31.5 Å². The van der Waals surface area contributed by atoms with Crippen molar-refractivity contribution in [3.63, 3.8) is 0 Å². The molecule has 5 heteroatoms. The van der Waals surface area contributed by atoms with E-state index in [4.69, 9.17) is 0 Å². The molecule has 0 aliphatic carbocycles. The van der Waals surface area contributed by atoms with Crippen molar-refractivity contribution in [3.8, 4) is 0 Å². The first-order valence-electron chi connectivity index (χ1n) is 9.76. The molecule has 0 unspecified atom stereocenters. The number of carbonyl (C=O) groups excluding carboxylic acids is 2. The summed E-state index contributed by atoms with van der Waals surface area (Å²) in [6.07, 6.45) is 7.24. The van der Waals surface area contributed by atoms with Crippen molar-refractivity contribution < 1.29 is 9.59 Å². The summed E-state index contributed by atoms with van der Waals surface area (Å²) in [5, 5.41) is 2.87. The summed E-state index contributed by atoms with van der Waals surface area (Å²) >= 11 is 0. The van der Waals surface area contributed by atoms with Gasteiger partial charge in [0, 0.05) is 37.9 Å². The van der Waals surface area contributed by atoms with Gasteiger partial charge >= 0.3 is 6.03 Å². The minimum atomic E-state index is -0.208. The molecular weight excluding hydrogens is 350 g/mol. The van der Waals surface area contributed by atoms with Crippen LogP contribution in [0.3, 0.4) is 0 Å². The van der Waals surface area contributed by atoms with Crippen LogP contribution < -0.4 is 5.32 Å². The number of likely N-dealkylation sites (tertiary alicyclic amines) is 1. The second-order valence-corrected chi connectivity index (χ2v) is 7.06. The minimum absolute atomic E-state index is 0.0370. The Labute approximate surface area is 166 Å². The quantitative estimate of drug-likeness (QED) is 0.835. The number of amides is 3. The number of benzene rings is 2. The average Bonchev–Trinajstić information content (AvgIpc) is 2.74. The molecule has 0 aromatic heterocycles. The summed E-state index contributed by atoms with van der Waals surface area (Å²) in [5.41, 5.74) is 2.35. The highest BCUT2D eigenvalue weighted by Gasteiger charge is 2.18. The zero-order chi connectivity index (χ0) is 19.8. The summed E-state index contributed by atoms with van der Waals surface area (Å²) < 4.78 is 0. The molecule has 1 saturated heterocycles. The van der Waals surface area contributed by atoms with E-state index in [1.165, 1.54) is 6.42 Å². The summed E-state index contributed by atoms with van der Waals surface area (Å²) in [6, 6.07) is 16.9. The first-order chi connectivity index (χ1) is 13.6. The maximum Gasteiger partial charge on any atom is 0.321 e. The summed E-state index contributed by atoms with van der Waals surface area (Å²) in [4.78, 5) is 28.6. The van der Waals surface area contributed by atoms with Crippen LogP contribution in [0.25, 0.3) is 6.08 Å². The number of nitrogens with one attached hydrogen (secondary N) is 1. The first kappa shape index (κ1) is 19.7. The Bertz CT molecular complexity index is 827. The number of carbonyl (C=O) groups is 2. The third-order valence-electron chi connectivity index (χ3n) is 4.84. The fourth-order valence-corrected chi connectivity index (χ4v) is 3.22. The molecule has 1 N–H and O–H groups in total. The zero-order valence-electron chi connectivity index (χ0n) is 16.3. The maximum absolute atomic E-state index is 12.6. The molecule has 1 aliphatic rings. The van der Waals surface area contributed by atoms with Crippen molar-refractivity contribution >= 4 is 23.7 Å². The van der Waals surface area contributed by atoms with Crippen molar-refractivity contribution in [2.45, 2.75) is 19.3 Å². The zero-order valence-corrected chi connectivity index (χ0v) is 16.3. The molecule has 3 rings (SSSR count). The van der Waals surface area contributed by atoms with Crippen LogP contribution >= 0.6 is 0 Å². The van der Waals surface area contributed by atoms with Gasteiger partial charge in [-0.1, -0.05) is 48.6 Å². The van der Waals surface area contributed by atoms with Gasteiger partial charge in [0.2, 0.25) is 0 Å². The molecule has 3 amide bonds. The Morgan fingerprint density at radius 1 is 1.04 bits per heavy atom. The van der Waals surface area contributed by atoms with Crippen LogP contribution in [0.4, 0.5) is 10.5 Å². The van der Waals surface area contributed by atoms with Crippen LogP contribution in [0.15, 0.2) is 60.7 Å². The van der Waals surface area contributed by atoms with E-state index >= 15 is 0 Å². The topological polar surface area (TPSA) is 52.7 Å². The normalized spacial score (nSPS) is 14.1. The number of urea groups is 1. The van der Waals surface area contributed by atoms with Gasteiger partial charge in [0.15, 0.2) is 0 Å². The Balaban J connectivity index is 1.56. The van der Waals surface area contributed by atoms with E-state index in [2.05, 4.69) is 5.32 Å². The molecule has 2 aromatic rings. The van der Waals surface area contributed by atoms with Crippen LogP contribution in [0.2, 0.25) is 0 Å². The molecular formula is C23H27N3O2. The van der Waals surface area contributed by atoms with Crippen molar-refractivity contribution in [2.75, 3.05) is 32.0 Å². The molecule has 146 valence electrons. The van der Waals surface area contributed by atoms with Gasteiger partial charge in [-0.25, -0.2) is 4.79 Å². The average molecular weight is 377 g/mol. The lowest BCUT2D eigenvalue weighted by Gasteiger charge is -2.27. The number of hydrogen-bond acceptors (Lipinski definition) is 2. The van der Waals surface area contributed by atoms with Crippen LogP contribution in [0.1, 0.15) is 35.2 Å². The van der Waals surface area contributed by atoms with E-state index < -0.39 is 0 Å².